The molecular formula is C20H19N5O3. The average molecular weight is 377 g/mol. The number of aromatic amines is 1. The molecule has 0 bridgehead atoms. The molecule has 0 aliphatic heterocycles. The topological polar surface area (TPSA) is 106 Å². The third-order valence-corrected chi connectivity index (χ3v) is 4.14. The molecule has 2 aromatic heterocycles. The fourth-order valence-corrected chi connectivity index (χ4v) is 2.84. The number of hydrogen-bond donors (Lipinski definition) is 2. The lowest BCUT2D eigenvalue weighted by molar-refractivity contribution is 0.0949. The van der Waals surface area contributed by atoms with Crippen molar-refractivity contribution in [2.24, 2.45) is 0 Å². The number of carbonyl (C=O) groups excluding carboxylic acids is 1. The maximum atomic E-state index is 12.6. The Morgan fingerprint density at radius 2 is 1.96 bits per heavy atom. The van der Waals surface area contributed by atoms with Gasteiger partial charge in [-0.3, -0.25) is 4.79 Å². The third-order valence-electron chi connectivity index (χ3n) is 4.14. The van der Waals surface area contributed by atoms with Crippen molar-refractivity contribution in [2.75, 3.05) is 6.54 Å². The van der Waals surface area contributed by atoms with Crippen LogP contribution in [0.25, 0.3) is 11.0 Å². The van der Waals surface area contributed by atoms with Gasteiger partial charge in [-0.25, -0.2) is 4.98 Å². The Bertz CT molecular complexity index is 1070. The molecule has 2 heterocycles. The number of ether oxygens (including phenoxy) is 1. The lowest BCUT2D eigenvalue weighted by Gasteiger charge is -2.10. The summed E-state index contributed by atoms with van der Waals surface area (Å²) in [7, 11) is 0. The summed E-state index contributed by atoms with van der Waals surface area (Å²) in [5.74, 6) is 1.98. The lowest BCUT2D eigenvalue weighted by Crippen LogP contribution is -2.26. The summed E-state index contributed by atoms with van der Waals surface area (Å²) in [6, 6.07) is 14.9. The first-order valence-electron chi connectivity index (χ1n) is 8.92. The van der Waals surface area contributed by atoms with Crippen LogP contribution in [0.3, 0.4) is 0 Å². The van der Waals surface area contributed by atoms with Gasteiger partial charge < -0.3 is 19.6 Å². The molecule has 4 aromatic rings. The molecule has 0 aliphatic carbocycles. The fourth-order valence-electron chi connectivity index (χ4n) is 2.84. The van der Waals surface area contributed by atoms with Crippen LogP contribution >= 0.6 is 0 Å². The highest BCUT2D eigenvalue weighted by atomic mass is 16.5. The largest absolute Gasteiger partial charge is 0.485 e. The van der Waals surface area contributed by atoms with Crippen molar-refractivity contribution >= 4 is 16.9 Å². The second kappa shape index (κ2) is 7.91. The molecule has 8 heteroatoms. The smallest absolute Gasteiger partial charge is 0.255 e. The molecule has 0 atom stereocenters. The number of para-hydroxylation sites is 3. The molecule has 0 fully saturated rings. The molecule has 2 aromatic carbocycles. The number of aryl methyl sites for hydroxylation is 1. The summed E-state index contributed by atoms with van der Waals surface area (Å²) in [5, 5.41) is 6.69. The van der Waals surface area contributed by atoms with Crippen molar-refractivity contribution in [1.82, 2.24) is 25.4 Å². The fraction of sp³-hybridized carbons (Fsp3) is 0.200. The predicted octanol–water partition coefficient (Wildman–Crippen LogP) is 2.81. The summed E-state index contributed by atoms with van der Waals surface area (Å²) in [4.78, 5) is 24.4. The van der Waals surface area contributed by atoms with E-state index in [0.717, 1.165) is 16.9 Å². The van der Waals surface area contributed by atoms with E-state index in [0.29, 0.717) is 36.0 Å². The Balaban J connectivity index is 1.36. The zero-order valence-corrected chi connectivity index (χ0v) is 15.3. The number of nitrogens with one attached hydrogen (secondary N) is 2. The lowest BCUT2D eigenvalue weighted by atomic mass is 10.2. The van der Waals surface area contributed by atoms with Gasteiger partial charge in [0.05, 0.1) is 16.6 Å². The first-order chi connectivity index (χ1) is 13.7. The number of amides is 1. The number of carbonyl (C=O) groups is 1. The summed E-state index contributed by atoms with van der Waals surface area (Å²) < 4.78 is 10.6. The molecule has 2 N–H and O–H groups in total. The number of imidazole rings is 1. The van der Waals surface area contributed by atoms with Crippen molar-refractivity contribution in [1.29, 1.82) is 0 Å². The Kier molecular flexibility index (Phi) is 5.01. The van der Waals surface area contributed by atoms with Crippen molar-refractivity contribution in [3.63, 3.8) is 0 Å². The maximum absolute atomic E-state index is 12.6. The van der Waals surface area contributed by atoms with Crippen LogP contribution in [-0.4, -0.2) is 32.6 Å². The Morgan fingerprint density at radius 1 is 1.14 bits per heavy atom. The highest BCUT2D eigenvalue weighted by Gasteiger charge is 2.13. The molecule has 0 saturated heterocycles. The van der Waals surface area contributed by atoms with Gasteiger partial charge in [0.15, 0.2) is 6.61 Å². The van der Waals surface area contributed by atoms with E-state index < -0.39 is 0 Å². The monoisotopic (exact) mass is 377 g/mol. The van der Waals surface area contributed by atoms with E-state index in [1.165, 1.54) is 0 Å². The van der Waals surface area contributed by atoms with E-state index in [1.54, 1.807) is 25.1 Å². The van der Waals surface area contributed by atoms with Crippen LogP contribution in [-0.2, 0) is 13.0 Å². The van der Waals surface area contributed by atoms with Crippen molar-refractivity contribution in [2.45, 2.75) is 20.0 Å². The number of benzene rings is 2. The average Bonchev–Trinajstić information content (AvgIpc) is 3.32. The molecule has 0 aliphatic rings. The standard InChI is InChI=1S/C20H19N5O3/c1-13-22-19(25-28-13)12-27-17-9-5-2-6-14(17)20(26)21-11-10-18-23-15-7-3-4-8-16(15)24-18/h2-9H,10-12H2,1H3,(H,21,26)(H,23,24). The number of H-pyrrole nitrogens is 1. The summed E-state index contributed by atoms with van der Waals surface area (Å²) >= 11 is 0. The van der Waals surface area contributed by atoms with E-state index in [-0.39, 0.29) is 12.5 Å². The van der Waals surface area contributed by atoms with E-state index in [2.05, 4.69) is 25.4 Å². The van der Waals surface area contributed by atoms with Crippen LogP contribution in [0, 0.1) is 6.92 Å². The molecule has 4 rings (SSSR count). The quantitative estimate of drug-likeness (QED) is 0.513. The predicted molar refractivity (Wildman–Crippen MR) is 102 cm³/mol. The normalized spacial score (nSPS) is 10.9. The molecular weight excluding hydrogens is 358 g/mol. The number of fused-ring (bicyclic) bond motifs is 1. The molecule has 0 saturated carbocycles. The first-order valence-corrected chi connectivity index (χ1v) is 8.92. The van der Waals surface area contributed by atoms with Crippen LogP contribution in [0.5, 0.6) is 5.75 Å². The molecule has 142 valence electrons. The van der Waals surface area contributed by atoms with Gasteiger partial charge in [-0.15, -0.1) is 0 Å². The van der Waals surface area contributed by atoms with Crippen molar-refractivity contribution < 1.29 is 14.1 Å². The molecule has 28 heavy (non-hydrogen) atoms. The van der Waals surface area contributed by atoms with E-state index >= 15 is 0 Å². The highest BCUT2D eigenvalue weighted by Crippen LogP contribution is 2.19. The van der Waals surface area contributed by atoms with E-state index in [9.17, 15) is 4.79 Å². The zero-order chi connectivity index (χ0) is 19.3. The minimum Gasteiger partial charge on any atom is -0.485 e. The third kappa shape index (κ3) is 4.01. The Hall–Kier alpha value is -3.68. The summed E-state index contributed by atoms with van der Waals surface area (Å²) in [5.41, 5.74) is 2.35. The number of hydrogen-bond acceptors (Lipinski definition) is 6. The second-order valence-electron chi connectivity index (χ2n) is 6.22. The van der Waals surface area contributed by atoms with Gasteiger partial charge in [0, 0.05) is 19.9 Å². The minimum atomic E-state index is -0.212. The van der Waals surface area contributed by atoms with Crippen LogP contribution < -0.4 is 10.1 Å². The van der Waals surface area contributed by atoms with Crippen LogP contribution in [0.4, 0.5) is 0 Å². The summed E-state index contributed by atoms with van der Waals surface area (Å²) in [6.45, 7) is 2.29. The molecule has 8 nitrogen and oxygen atoms in total. The van der Waals surface area contributed by atoms with E-state index in [4.69, 9.17) is 9.26 Å². The maximum Gasteiger partial charge on any atom is 0.255 e. The van der Waals surface area contributed by atoms with Crippen LogP contribution in [0.2, 0.25) is 0 Å². The number of rotatable bonds is 7. The number of aromatic nitrogens is 4. The second-order valence-corrected chi connectivity index (χ2v) is 6.22. The van der Waals surface area contributed by atoms with Gasteiger partial charge in [-0.2, -0.15) is 4.98 Å². The molecule has 0 spiro atoms. The Labute approximate surface area is 160 Å². The molecule has 1 amide bonds. The first kappa shape index (κ1) is 17.7. The van der Waals surface area contributed by atoms with Crippen LogP contribution in [0.1, 0.15) is 27.9 Å². The molecule has 0 unspecified atom stereocenters. The Morgan fingerprint density at radius 3 is 2.79 bits per heavy atom. The van der Waals surface area contributed by atoms with Crippen LogP contribution in [0.15, 0.2) is 53.1 Å². The van der Waals surface area contributed by atoms with Gasteiger partial charge in [0.25, 0.3) is 5.91 Å². The minimum absolute atomic E-state index is 0.126. The van der Waals surface area contributed by atoms with Gasteiger partial charge >= 0.3 is 0 Å². The van der Waals surface area contributed by atoms with Crippen molar-refractivity contribution in [3.05, 3.63) is 71.6 Å². The zero-order valence-electron chi connectivity index (χ0n) is 15.3. The van der Waals surface area contributed by atoms with Crippen molar-refractivity contribution in [3.8, 4) is 5.75 Å². The SMILES string of the molecule is Cc1nc(COc2ccccc2C(=O)NCCc2nc3ccccc3[nH]2)no1. The van der Waals surface area contributed by atoms with Gasteiger partial charge in [-0.1, -0.05) is 29.4 Å². The van der Waals surface area contributed by atoms with E-state index in [1.807, 2.05) is 30.3 Å². The van der Waals surface area contributed by atoms with Gasteiger partial charge in [0.1, 0.15) is 11.6 Å². The number of nitrogens with zero attached hydrogens (tertiary/aromatic N) is 3. The van der Waals surface area contributed by atoms with Gasteiger partial charge in [0.2, 0.25) is 11.7 Å². The van der Waals surface area contributed by atoms with Gasteiger partial charge in [-0.05, 0) is 24.3 Å². The highest BCUT2D eigenvalue weighted by molar-refractivity contribution is 5.96. The molecule has 0 radical (unpaired) electrons. The summed E-state index contributed by atoms with van der Waals surface area (Å²) in [6.07, 6.45) is 0.603.